The molecule has 202 valence electrons. The molecule has 1 aliphatic rings. The van der Waals surface area contributed by atoms with Crippen molar-refractivity contribution in [3.05, 3.63) is 160 Å². The Labute approximate surface area is 245 Å². The van der Waals surface area contributed by atoms with E-state index < -0.39 is 26.8 Å². The highest BCUT2D eigenvalue weighted by atomic mass is 32.2. The highest BCUT2D eigenvalue weighted by Crippen LogP contribution is 2.44. The summed E-state index contributed by atoms with van der Waals surface area (Å²) in [5, 5.41) is 2.00. The summed E-state index contributed by atoms with van der Waals surface area (Å²) < 4.78 is 29.2. The molecular weight excluding hydrogens is 551 g/mol. The smallest absolute Gasteiger partial charge is 0.0959 e. The highest BCUT2D eigenvalue weighted by Gasteiger charge is 2.36. The molecule has 0 spiro atoms. The monoisotopic (exact) mass is 581 g/mol. The molecule has 3 atom stereocenters. The summed E-state index contributed by atoms with van der Waals surface area (Å²) in [4.78, 5) is 5.01. The van der Waals surface area contributed by atoms with Crippen molar-refractivity contribution >= 4 is 32.9 Å². The molecule has 0 N–H and O–H groups in total. The number of thiazole rings is 1. The molecule has 0 saturated heterocycles. The Bertz CT molecular complexity index is 1490. The second-order valence-electron chi connectivity index (χ2n) is 10.2. The molecule has 3 unspecified atom stereocenters. The van der Waals surface area contributed by atoms with E-state index in [4.69, 9.17) is 4.98 Å². The zero-order valence-corrected chi connectivity index (χ0v) is 24.5. The minimum Gasteiger partial charge on any atom is -0.259 e. The lowest BCUT2D eigenvalue weighted by Crippen LogP contribution is -2.24. The van der Waals surface area contributed by atoms with Crippen LogP contribution in [0.2, 0.25) is 0 Å². The van der Waals surface area contributed by atoms with Gasteiger partial charge in [0.05, 0.1) is 26.5 Å². The maximum absolute atomic E-state index is 14.8. The van der Waals surface area contributed by atoms with Crippen molar-refractivity contribution in [3.8, 4) is 0 Å². The molecule has 40 heavy (non-hydrogen) atoms. The Morgan fingerprint density at radius 1 is 0.650 bits per heavy atom. The zero-order valence-electron chi connectivity index (χ0n) is 22.0. The van der Waals surface area contributed by atoms with Crippen LogP contribution in [0.5, 0.6) is 0 Å². The number of hydrogen-bond donors (Lipinski definition) is 0. The third kappa shape index (κ3) is 6.09. The number of aromatic nitrogens is 1. The predicted molar refractivity (Wildman–Crippen MR) is 167 cm³/mol. The molecule has 1 saturated carbocycles. The average molecular weight is 582 g/mol. The summed E-state index contributed by atoms with van der Waals surface area (Å²) in [6.45, 7) is 0. The quantitative estimate of drug-likeness (QED) is 0.158. The van der Waals surface area contributed by atoms with E-state index in [-0.39, 0.29) is 16.3 Å². The molecule has 4 aromatic carbocycles. The van der Waals surface area contributed by atoms with E-state index in [0.29, 0.717) is 5.92 Å². The van der Waals surface area contributed by atoms with Crippen molar-refractivity contribution in [1.29, 1.82) is 0 Å². The van der Waals surface area contributed by atoms with Crippen molar-refractivity contribution in [2.75, 3.05) is 5.75 Å². The van der Waals surface area contributed by atoms with Gasteiger partial charge in [0.15, 0.2) is 0 Å². The maximum Gasteiger partial charge on any atom is 0.0959 e. The molecule has 0 radical (unpaired) electrons. The number of hydrogen-bond acceptors (Lipinski definition) is 4. The van der Waals surface area contributed by atoms with E-state index >= 15 is 0 Å². The van der Waals surface area contributed by atoms with Gasteiger partial charge in [-0.15, -0.1) is 11.3 Å². The lowest BCUT2D eigenvalue weighted by Gasteiger charge is -2.25. The van der Waals surface area contributed by atoms with Crippen molar-refractivity contribution < 1.29 is 8.42 Å². The van der Waals surface area contributed by atoms with Crippen molar-refractivity contribution in [2.45, 2.75) is 34.5 Å². The van der Waals surface area contributed by atoms with E-state index in [2.05, 4.69) is 5.38 Å². The molecule has 1 aliphatic carbocycles. The van der Waals surface area contributed by atoms with Crippen molar-refractivity contribution in [3.63, 3.8) is 0 Å². The lowest BCUT2D eigenvalue weighted by molar-refractivity contribution is 0.662. The van der Waals surface area contributed by atoms with Crippen LogP contribution in [0.25, 0.3) is 0 Å². The zero-order chi connectivity index (χ0) is 27.3. The average Bonchev–Trinajstić information content (AvgIpc) is 3.75. The Morgan fingerprint density at radius 2 is 1.07 bits per heavy atom. The lowest BCUT2D eigenvalue weighted by atomic mass is 10.0. The topological polar surface area (TPSA) is 47.0 Å². The summed E-state index contributed by atoms with van der Waals surface area (Å²) in [6.07, 6.45) is 2.32. The maximum atomic E-state index is 14.8. The van der Waals surface area contributed by atoms with Crippen LogP contribution in [0.15, 0.2) is 127 Å². The van der Waals surface area contributed by atoms with Crippen LogP contribution < -0.4 is 0 Å². The first kappa shape index (κ1) is 27.0. The third-order valence-electron chi connectivity index (χ3n) is 7.30. The van der Waals surface area contributed by atoms with Crippen LogP contribution >= 0.6 is 11.3 Å². The van der Waals surface area contributed by atoms with Gasteiger partial charge < -0.3 is 0 Å². The van der Waals surface area contributed by atoms with Crippen LogP contribution in [-0.2, 0) is 21.6 Å². The summed E-state index contributed by atoms with van der Waals surface area (Å²) in [5.74, 6) is 0.768. The van der Waals surface area contributed by atoms with Gasteiger partial charge in [0.25, 0.3) is 0 Å². The molecular formula is C34H31NO2S3. The molecule has 3 nitrogen and oxygen atoms in total. The van der Waals surface area contributed by atoms with E-state index in [9.17, 15) is 8.42 Å². The van der Waals surface area contributed by atoms with E-state index in [1.165, 1.54) is 0 Å². The molecule has 1 fully saturated rings. The molecule has 6 rings (SSSR count). The van der Waals surface area contributed by atoms with Gasteiger partial charge in [-0.05, 0) is 35.1 Å². The predicted octanol–water partition coefficient (Wildman–Crippen LogP) is 8.14. The summed E-state index contributed by atoms with van der Waals surface area (Å²) >= 11 is 1.65. The van der Waals surface area contributed by atoms with E-state index in [1.807, 2.05) is 121 Å². The van der Waals surface area contributed by atoms with Gasteiger partial charge in [-0.2, -0.15) is 0 Å². The fourth-order valence-electron chi connectivity index (χ4n) is 5.12. The third-order valence-corrected chi connectivity index (χ3v) is 12.2. The van der Waals surface area contributed by atoms with Gasteiger partial charge >= 0.3 is 0 Å². The first-order valence-corrected chi connectivity index (χ1v) is 17.1. The van der Waals surface area contributed by atoms with Crippen molar-refractivity contribution in [1.82, 2.24) is 4.98 Å². The van der Waals surface area contributed by atoms with Gasteiger partial charge in [-0.25, -0.2) is 4.98 Å². The highest BCUT2D eigenvalue weighted by molar-refractivity contribution is 7.89. The minimum absolute atomic E-state index is 0.255. The Balaban J connectivity index is 1.41. The summed E-state index contributed by atoms with van der Waals surface area (Å²) in [7, 11) is -2.78. The van der Waals surface area contributed by atoms with E-state index in [0.717, 1.165) is 45.8 Å². The number of rotatable bonds is 11. The Morgan fingerprint density at radius 3 is 1.50 bits per heavy atom. The summed E-state index contributed by atoms with van der Waals surface area (Å²) in [6, 6.07) is 40.1. The molecule has 0 aliphatic heterocycles. The normalized spacial score (nSPS) is 15.7. The Kier molecular flexibility index (Phi) is 8.47. The standard InChI is InChI=1S/C34H31NO2S3/c36-39(32(25-13-5-1-6-14-25)26-15-7-2-8-16-26)24-31(30-23-38-34(35-30)29-21-22-29)40(37)33(27-17-9-3-10-18-27)28-19-11-4-12-20-28/h1-20,23,29,31-33H,21-22,24H2. The fourth-order valence-corrected chi connectivity index (χ4v) is 10.3. The van der Waals surface area contributed by atoms with Crippen LogP contribution in [0.1, 0.15) is 67.5 Å². The van der Waals surface area contributed by atoms with Crippen molar-refractivity contribution in [2.24, 2.45) is 0 Å². The minimum atomic E-state index is -1.43. The van der Waals surface area contributed by atoms with Gasteiger partial charge in [0.1, 0.15) is 0 Å². The summed E-state index contributed by atoms with van der Waals surface area (Å²) in [5.41, 5.74) is 4.77. The van der Waals surface area contributed by atoms with Crippen LogP contribution in [0, 0.1) is 0 Å². The first-order chi connectivity index (χ1) is 19.7. The first-order valence-electron chi connectivity index (χ1n) is 13.6. The van der Waals surface area contributed by atoms with Gasteiger partial charge in [-0.1, -0.05) is 121 Å². The molecule has 1 aromatic heterocycles. The molecule has 1 heterocycles. The van der Waals surface area contributed by atoms with Gasteiger partial charge in [-0.3, -0.25) is 8.42 Å². The van der Waals surface area contributed by atoms with Crippen LogP contribution in [0.3, 0.4) is 0 Å². The van der Waals surface area contributed by atoms with Gasteiger partial charge in [0.2, 0.25) is 0 Å². The van der Waals surface area contributed by atoms with Gasteiger partial charge in [0, 0.05) is 38.6 Å². The van der Waals surface area contributed by atoms with E-state index in [1.54, 1.807) is 11.3 Å². The van der Waals surface area contributed by atoms with Crippen LogP contribution in [0.4, 0.5) is 0 Å². The SMILES string of the molecule is O=S(CC(c1csc(C2CC2)n1)S(=O)C(c1ccccc1)c1ccccc1)C(c1ccccc1)c1ccccc1. The largest absolute Gasteiger partial charge is 0.259 e. The fraction of sp³-hybridized carbons (Fsp3) is 0.206. The number of nitrogens with zero attached hydrogens (tertiary/aromatic N) is 1. The molecule has 6 heteroatoms. The second-order valence-corrected chi connectivity index (χ2v) is 14.3. The molecule has 0 bridgehead atoms. The molecule has 0 amide bonds. The Hall–Kier alpha value is -3.19. The van der Waals surface area contributed by atoms with Crippen LogP contribution in [-0.4, -0.2) is 19.2 Å². The molecule has 5 aromatic rings. The second kappa shape index (κ2) is 12.5. The number of benzene rings is 4.